The topological polar surface area (TPSA) is 46.7 Å². The molecule has 0 atom stereocenters. The maximum atomic E-state index is 11.5. The molecule has 2 heterocycles. The van der Waals surface area contributed by atoms with E-state index in [0.717, 1.165) is 13.1 Å². The number of quaternary nitrogens is 1. The van der Waals surface area contributed by atoms with Crippen molar-refractivity contribution < 1.29 is 14.1 Å². The molecular formula is C12H19N2O2+. The van der Waals surface area contributed by atoms with E-state index < -0.39 is 0 Å². The minimum Gasteiger partial charge on any atom is -0.459 e. The summed E-state index contributed by atoms with van der Waals surface area (Å²) in [5, 5.41) is 2.88. The van der Waals surface area contributed by atoms with Crippen LogP contribution in [0.3, 0.4) is 0 Å². The van der Waals surface area contributed by atoms with Gasteiger partial charge in [0.2, 0.25) is 0 Å². The molecule has 4 heteroatoms. The van der Waals surface area contributed by atoms with Crippen molar-refractivity contribution in [2.75, 3.05) is 26.2 Å². The fourth-order valence-corrected chi connectivity index (χ4v) is 2.15. The van der Waals surface area contributed by atoms with E-state index in [0.29, 0.717) is 5.76 Å². The lowest BCUT2D eigenvalue weighted by Gasteiger charge is -2.23. The van der Waals surface area contributed by atoms with E-state index in [4.69, 9.17) is 4.42 Å². The smallest absolute Gasteiger partial charge is 0.287 e. The van der Waals surface area contributed by atoms with Crippen molar-refractivity contribution >= 4 is 5.91 Å². The number of carbonyl (C=O) groups is 1. The van der Waals surface area contributed by atoms with E-state index in [2.05, 4.69) is 5.32 Å². The van der Waals surface area contributed by atoms with Gasteiger partial charge in [0.05, 0.1) is 32.4 Å². The molecule has 4 nitrogen and oxygen atoms in total. The number of rotatable bonds is 4. The lowest BCUT2D eigenvalue weighted by atomic mass is 10.1. The molecule has 2 N–H and O–H groups in total. The fraction of sp³-hybridized carbons (Fsp3) is 0.583. The zero-order valence-electron chi connectivity index (χ0n) is 9.50. The van der Waals surface area contributed by atoms with Crippen molar-refractivity contribution in [3.05, 3.63) is 24.2 Å². The summed E-state index contributed by atoms with van der Waals surface area (Å²) in [6, 6.07) is 3.41. The van der Waals surface area contributed by atoms with Gasteiger partial charge in [-0.3, -0.25) is 4.79 Å². The number of amides is 1. The standard InChI is InChI=1S/C12H18N2O2/c15-12(11-5-4-10-16-11)13-6-9-14-7-2-1-3-8-14/h4-5,10H,1-3,6-9H2,(H,13,15)/p+1. The Morgan fingerprint density at radius 1 is 1.38 bits per heavy atom. The van der Waals surface area contributed by atoms with Crippen LogP contribution in [0.15, 0.2) is 22.8 Å². The van der Waals surface area contributed by atoms with Crippen molar-refractivity contribution in [2.45, 2.75) is 19.3 Å². The zero-order valence-corrected chi connectivity index (χ0v) is 9.50. The quantitative estimate of drug-likeness (QED) is 0.759. The molecule has 1 saturated heterocycles. The third-order valence-electron chi connectivity index (χ3n) is 3.07. The molecule has 2 rings (SSSR count). The SMILES string of the molecule is O=C(NCC[NH+]1CCCCC1)c1ccco1. The van der Waals surface area contributed by atoms with Gasteiger partial charge in [-0.2, -0.15) is 0 Å². The van der Waals surface area contributed by atoms with Crippen LogP contribution in [0.5, 0.6) is 0 Å². The van der Waals surface area contributed by atoms with Gasteiger partial charge in [0, 0.05) is 0 Å². The van der Waals surface area contributed by atoms with E-state index >= 15 is 0 Å². The van der Waals surface area contributed by atoms with Crippen LogP contribution in [0.4, 0.5) is 0 Å². The summed E-state index contributed by atoms with van der Waals surface area (Å²) in [5.41, 5.74) is 0. The summed E-state index contributed by atoms with van der Waals surface area (Å²) in [4.78, 5) is 13.1. The lowest BCUT2D eigenvalue weighted by molar-refractivity contribution is -0.903. The first-order valence-electron chi connectivity index (χ1n) is 6.01. The molecule has 88 valence electrons. The number of piperidine rings is 1. The minimum absolute atomic E-state index is 0.110. The number of hydrogen-bond donors (Lipinski definition) is 2. The van der Waals surface area contributed by atoms with Gasteiger partial charge in [0.15, 0.2) is 5.76 Å². The largest absolute Gasteiger partial charge is 0.459 e. The van der Waals surface area contributed by atoms with Gasteiger partial charge in [0.1, 0.15) is 0 Å². The Morgan fingerprint density at radius 2 is 2.19 bits per heavy atom. The third-order valence-corrected chi connectivity index (χ3v) is 3.07. The lowest BCUT2D eigenvalue weighted by Crippen LogP contribution is -3.13. The van der Waals surface area contributed by atoms with Crippen molar-refractivity contribution in [1.29, 1.82) is 0 Å². The predicted molar refractivity (Wildman–Crippen MR) is 60.5 cm³/mol. The average Bonchev–Trinajstić information content (AvgIpc) is 2.84. The summed E-state index contributed by atoms with van der Waals surface area (Å²) < 4.78 is 5.02. The van der Waals surface area contributed by atoms with E-state index in [1.54, 1.807) is 17.0 Å². The molecule has 16 heavy (non-hydrogen) atoms. The van der Waals surface area contributed by atoms with Gasteiger partial charge >= 0.3 is 0 Å². The van der Waals surface area contributed by atoms with Crippen LogP contribution in [0.25, 0.3) is 0 Å². The first kappa shape index (κ1) is 11.2. The Morgan fingerprint density at radius 3 is 2.88 bits per heavy atom. The van der Waals surface area contributed by atoms with Crippen LogP contribution < -0.4 is 10.2 Å². The van der Waals surface area contributed by atoms with Gasteiger partial charge < -0.3 is 14.6 Å². The molecule has 0 aromatic carbocycles. The van der Waals surface area contributed by atoms with E-state index in [9.17, 15) is 4.79 Å². The van der Waals surface area contributed by atoms with Crippen molar-refractivity contribution in [3.63, 3.8) is 0 Å². The Kier molecular flexibility index (Phi) is 3.99. The number of nitrogens with one attached hydrogen (secondary N) is 2. The first-order chi connectivity index (χ1) is 7.86. The second kappa shape index (κ2) is 5.70. The van der Waals surface area contributed by atoms with Crippen molar-refractivity contribution in [2.24, 2.45) is 0 Å². The van der Waals surface area contributed by atoms with Gasteiger partial charge in [-0.25, -0.2) is 0 Å². The summed E-state index contributed by atoms with van der Waals surface area (Å²) in [5.74, 6) is 0.287. The molecular weight excluding hydrogens is 204 g/mol. The number of carbonyl (C=O) groups excluding carboxylic acids is 1. The Labute approximate surface area is 95.6 Å². The fourth-order valence-electron chi connectivity index (χ4n) is 2.15. The number of likely N-dealkylation sites (tertiary alicyclic amines) is 1. The second-order valence-corrected chi connectivity index (χ2v) is 4.29. The molecule has 0 unspecified atom stereocenters. The highest BCUT2D eigenvalue weighted by Crippen LogP contribution is 1.98. The van der Waals surface area contributed by atoms with Crippen molar-refractivity contribution in [1.82, 2.24) is 5.32 Å². The third kappa shape index (κ3) is 3.10. The first-order valence-corrected chi connectivity index (χ1v) is 6.01. The summed E-state index contributed by atoms with van der Waals surface area (Å²) in [6.45, 7) is 4.24. The van der Waals surface area contributed by atoms with Gasteiger partial charge in [-0.05, 0) is 31.4 Å². The highest BCUT2D eigenvalue weighted by atomic mass is 16.3. The van der Waals surface area contributed by atoms with Crippen LogP contribution in [-0.4, -0.2) is 32.1 Å². The van der Waals surface area contributed by atoms with Gasteiger partial charge in [-0.15, -0.1) is 0 Å². The van der Waals surface area contributed by atoms with Crippen LogP contribution in [0, 0.1) is 0 Å². The zero-order chi connectivity index (χ0) is 11.2. The predicted octanol–water partition coefficient (Wildman–Crippen LogP) is 0.0782. The van der Waals surface area contributed by atoms with Crippen molar-refractivity contribution in [3.8, 4) is 0 Å². The van der Waals surface area contributed by atoms with E-state index in [-0.39, 0.29) is 5.91 Å². The maximum absolute atomic E-state index is 11.5. The molecule has 1 fully saturated rings. The Balaban J connectivity index is 1.66. The maximum Gasteiger partial charge on any atom is 0.287 e. The van der Waals surface area contributed by atoms with Crippen LogP contribution in [0.2, 0.25) is 0 Å². The van der Waals surface area contributed by atoms with E-state index in [1.165, 1.54) is 38.6 Å². The highest BCUT2D eigenvalue weighted by Gasteiger charge is 2.14. The molecule has 0 spiro atoms. The molecule has 0 radical (unpaired) electrons. The summed E-state index contributed by atoms with van der Waals surface area (Å²) in [7, 11) is 0. The average molecular weight is 223 g/mol. The monoisotopic (exact) mass is 223 g/mol. The number of furan rings is 1. The highest BCUT2D eigenvalue weighted by molar-refractivity contribution is 5.91. The summed E-state index contributed by atoms with van der Waals surface area (Å²) >= 11 is 0. The molecule has 1 aromatic rings. The molecule has 1 amide bonds. The molecule has 0 saturated carbocycles. The summed E-state index contributed by atoms with van der Waals surface area (Å²) in [6.07, 6.45) is 5.52. The van der Waals surface area contributed by atoms with Gasteiger partial charge in [-0.1, -0.05) is 0 Å². The van der Waals surface area contributed by atoms with Gasteiger partial charge in [0.25, 0.3) is 5.91 Å². The molecule has 1 aromatic heterocycles. The molecule has 1 aliphatic rings. The molecule has 1 aliphatic heterocycles. The molecule has 0 aliphatic carbocycles. The van der Waals surface area contributed by atoms with Crippen LogP contribution in [-0.2, 0) is 0 Å². The minimum atomic E-state index is -0.110. The Bertz CT molecular complexity index is 316. The van der Waals surface area contributed by atoms with E-state index in [1.807, 2.05) is 0 Å². The van der Waals surface area contributed by atoms with Crippen LogP contribution in [0.1, 0.15) is 29.8 Å². The number of hydrogen-bond acceptors (Lipinski definition) is 2. The van der Waals surface area contributed by atoms with Crippen LogP contribution >= 0.6 is 0 Å². The normalized spacial score (nSPS) is 17.2. The second-order valence-electron chi connectivity index (χ2n) is 4.29. The Hall–Kier alpha value is -1.29. The molecule has 0 bridgehead atoms.